The first-order chi connectivity index (χ1) is 14.1. The fourth-order valence-corrected chi connectivity index (χ4v) is 4.68. The lowest BCUT2D eigenvalue weighted by molar-refractivity contribution is 0.0695. The van der Waals surface area contributed by atoms with Crippen LogP contribution in [0.3, 0.4) is 0 Å². The maximum Gasteiger partial charge on any atom is 0.254 e. The Balaban J connectivity index is 1.76. The molecule has 0 saturated carbocycles. The molecule has 1 aliphatic rings. The van der Waals surface area contributed by atoms with Gasteiger partial charge < -0.3 is 19.1 Å². The quantitative estimate of drug-likeness (QED) is 0.620. The van der Waals surface area contributed by atoms with Gasteiger partial charge in [-0.15, -0.1) is 11.3 Å². The third-order valence-corrected chi connectivity index (χ3v) is 6.25. The molecule has 6 heteroatoms. The van der Waals surface area contributed by atoms with Crippen molar-refractivity contribution < 1.29 is 19.0 Å². The number of ether oxygens (including phenoxy) is 3. The second-order valence-corrected chi connectivity index (χ2v) is 7.83. The van der Waals surface area contributed by atoms with Crippen molar-refractivity contribution in [3.05, 3.63) is 75.5 Å². The van der Waals surface area contributed by atoms with Crippen LogP contribution in [0.15, 0.2) is 53.9 Å². The summed E-state index contributed by atoms with van der Waals surface area (Å²) in [5, 5.41) is 2.10. The first-order valence-electron chi connectivity index (χ1n) is 9.39. The zero-order valence-electron chi connectivity index (χ0n) is 16.7. The second-order valence-electron chi connectivity index (χ2n) is 6.82. The summed E-state index contributed by atoms with van der Waals surface area (Å²) < 4.78 is 16.0. The van der Waals surface area contributed by atoms with Crippen molar-refractivity contribution in [2.75, 3.05) is 27.9 Å². The van der Waals surface area contributed by atoms with Gasteiger partial charge in [0.1, 0.15) is 17.2 Å². The van der Waals surface area contributed by atoms with Crippen LogP contribution in [0, 0.1) is 0 Å². The third kappa shape index (κ3) is 3.68. The van der Waals surface area contributed by atoms with E-state index in [1.54, 1.807) is 50.9 Å². The Morgan fingerprint density at radius 2 is 1.59 bits per heavy atom. The standard InChI is InChI=1S/C23H23NO4S/c1-26-17-6-4-15(5-7-17)22-20-9-11-29-21(20)8-10-24(22)23(25)16-12-18(27-2)14-19(13-16)28-3/h4-7,9,11-14,22H,8,10H2,1-3H3. The smallest absolute Gasteiger partial charge is 0.254 e. The molecule has 0 spiro atoms. The molecule has 1 aromatic heterocycles. The van der Waals surface area contributed by atoms with Gasteiger partial charge in [-0.25, -0.2) is 0 Å². The summed E-state index contributed by atoms with van der Waals surface area (Å²) in [5.74, 6) is 1.95. The number of amides is 1. The summed E-state index contributed by atoms with van der Waals surface area (Å²) in [6.07, 6.45) is 0.854. The molecule has 2 heterocycles. The molecule has 0 fully saturated rings. The van der Waals surface area contributed by atoms with Gasteiger partial charge in [0.2, 0.25) is 0 Å². The Hall–Kier alpha value is -2.99. The zero-order chi connectivity index (χ0) is 20.4. The SMILES string of the molecule is COc1ccc(C2c3ccsc3CCN2C(=O)c2cc(OC)cc(OC)c2)cc1. The Morgan fingerprint density at radius 1 is 0.931 bits per heavy atom. The monoisotopic (exact) mass is 409 g/mol. The van der Waals surface area contributed by atoms with Gasteiger partial charge in [0.05, 0.1) is 27.4 Å². The first-order valence-corrected chi connectivity index (χ1v) is 10.3. The summed E-state index contributed by atoms with van der Waals surface area (Å²) in [5.41, 5.74) is 2.81. The highest BCUT2D eigenvalue weighted by molar-refractivity contribution is 7.10. The summed E-state index contributed by atoms with van der Waals surface area (Å²) >= 11 is 1.75. The fourth-order valence-electron chi connectivity index (χ4n) is 3.78. The predicted molar refractivity (Wildman–Crippen MR) is 113 cm³/mol. The number of thiophene rings is 1. The maximum atomic E-state index is 13.6. The number of methoxy groups -OCH3 is 3. The summed E-state index contributed by atoms with van der Waals surface area (Å²) in [6, 6.07) is 15.2. The van der Waals surface area contributed by atoms with E-state index in [1.165, 1.54) is 10.4 Å². The number of carbonyl (C=O) groups is 1. The number of nitrogens with zero attached hydrogens (tertiary/aromatic N) is 1. The molecule has 1 unspecified atom stereocenters. The Morgan fingerprint density at radius 3 is 2.21 bits per heavy atom. The molecular formula is C23H23NO4S. The number of fused-ring (bicyclic) bond motifs is 1. The van der Waals surface area contributed by atoms with Crippen LogP contribution in [-0.4, -0.2) is 38.7 Å². The van der Waals surface area contributed by atoms with Crippen LogP contribution >= 0.6 is 11.3 Å². The van der Waals surface area contributed by atoms with E-state index in [1.807, 2.05) is 29.2 Å². The Bertz CT molecular complexity index is 990. The molecule has 1 aliphatic heterocycles. The molecule has 2 aromatic carbocycles. The van der Waals surface area contributed by atoms with Crippen LogP contribution in [0.4, 0.5) is 0 Å². The molecule has 0 N–H and O–H groups in total. The molecule has 1 atom stereocenters. The van der Waals surface area contributed by atoms with Gasteiger partial charge in [-0.3, -0.25) is 4.79 Å². The highest BCUT2D eigenvalue weighted by Crippen LogP contribution is 2.39. The highest BCUT2D eigenvalue weighted by Gasteiger charge is 2.33. The molecule has 1 amide bonds. The predicted octanol–water partition coefficient (Wildman–Crippen LogP) is 4.56. The minimum atomic E-state index is -0.138. The molecular weight excluding hydrogens is 386 g/mol. The number of carbonyl (C=O) groups excluding carboxylic acids is 1. The van der Waals surface area contributed by atoms with Crippen LogP contribution < -0.4 is 14.2 Å². The second kappa shape index (κ2) is 8.17. The molecule has 29 heavy (non-hydrogen) atoms. The maximum absolute atomic E-state index is 13.6. The van der Waals surface area contributed by atoms with Crippen LogP contribution in [0.1, 0.15) is 32.4 Å². The number of hydrogen-bond donors (Lipinski definition) is 0. The van der Waals surface area contributed by atoms with Gasteiger partial charge in [-0.05, 0) is 53.3 Å². The first kappa shape index (κ1) is 19.3. The molecule has 4 rings (SSSR count). The van der Waals surface area contributed by atoms with Crippen molar-refractivity contribution in [2.24, 2.45) is 0 Å². The van der Waals surface area contributed by atoms with Gasteiger partial charge in [0.25, 0.3) is 5.91 Å². The Labute approximate surface area is 174 Å². The summed E-state index contributed by atoms with van der Waals surface area (Å²) in [7, 11) is 4.82. The van der Waals surface area contributed by atoms with E-state index in [4.69, 9.17) is 14.2 Å². The molecule has 5 nitrogen and oxygen atoms in total. The molecule has 0 bridgehead atoms. The van der Waals surface area contributed by atoms with Gasteiger partial charge in [-0.2, -0.15) is 0 Å². The van der Waals surface area contributed by atoms with Crippen molar-refractivity contribution in [3.8, 4) is 17.2 Å². The van der Waals surface area contributed by atoms with Crippen molar-refractivity contribution in [1.29, 1.82) is 0 Å². The van der Waals surface area contributed by atoms with Gasteiger partial charge in [0.15, 0.2) is 0 Å². The van der Waals surface area contributed by atoms with Crippen LogP contribution in [0.5, 0.6) is 17.2 Å². The molecule has 0 aliphatic carbocycles. The normalized spacial score (nSPS) is 15.6. The van der Waals surface area contributed by atoms with Crippen molar-refractivity contribution in [2.45, 2.75) is 12.5 Å². The largest absolute Gasteiger partial charge is 0.497 e. The number of hydrogen-bond acceptors (Lipinski definition) is 5. The minimum Gasteiger partial charge on any atom is -0.497 e. The van der Waals surface area contributed by atoms with E-state index >= 15 is 0 Å². The lowest BCUT2D eigenvalue weighted by Gasteiger charge is -2.36. The number of rotatable bonds is 5. The fraction of sp³-hybridized carbons (Fsp3) is 0.261. The molecule has 0 saturated heterocycles. The van der Waals surface area contributed by atoms with E-state index in [2.05, 4.69) is 11.4 Å². The number of benzene rings is 2. The van der Waals surface area contributed by atoms with Gasteiger partial charge in [0, 0.05) is 23.1 Å². The Kier molecular flexibility index (Phi) is 5.45. The van der Waals surface area contributed by atoms with Gasteiger partial charge >= 0.3 is 0 Å². The van der Waals surface area contributed by atoms with E-state index < -0.39 is 0 Å². The molecule has 150 valence electrons. The molecule has 3 aromatic rings. The summed E-state index contributed by atoms with van der Waals surface area (Å²) in [6.45, 7) is 0.655. The van der Waals surface area contributed by atoms with E-state index in [9.17, 15) is 4.79 Å². The zero-order valence-corrected chi connectivity index (χ0v) is 17.5. The summed E-state index contributed by atoms with van der Waals surface area (Å²) in [4.78, 5) is 16.8. The lowest BCUT2D eigenvalue weighted by atomic mass is 9.92. The third-order valence-electron chi connectivity index (χ3n) is 5.26. The van der Waals surface area contributed by atoms with Crippen LogP contribution in [-0.2, 0) is 6.42 Å². The van der Waals surface area contributed by atoms with E-state index in [0.717, 1.165) is 17.7 Å². The average molecular weight is 410 g/mol. The van der Waals surface area contributed by atoms with Crippen molar-refractivity contribution in [1.82, 2.24) is 4.90 Å². The lowest BCUT2D eigenvalue weighted by Crippen LogP contribution is -2.40. The van der Waals surface area contributed by atoms with E-state index in [0.29, 0.717) is 23.6 Å². The van der Waals surface area contributed by atoms with Crippen molar-refractivity contribution in [3.63, 3.8) is 0 Å². The van der Waals surface area contributed by atoms with Gasteiger partial charge in [-0.1, -0.05) is 12.1 Å². The van der Waals surface area contributed by atoms with Crippen LogP contribution in [0.25, 0.3) is 0 Å². The minimum absolute atomic E-state index is 0.0418. The highest BCUT2D eigenvalue weighted by atomic mass is 32.1. The van der Waals surface area contributed by atoms with E-state index in [-0.39, 0.29) is 11.9 Å². The average Bonchev–Trinajstić information content (AvgIpc) is 3.26. The topological polar surface area (TPSA) is 48.0 Å². The van der Waals surface area contributed by atoms with Crippen LogP contribution in [0.2, 0.25) is 0 Å². The van der Waals surface area contributed by atoms with Crippen molar-refractivity contribution >= 4 is 17.2 Å². The molecule has 0 radical (unpaired) electrons.